The van der Waals surface area contributed by atoms with Crippen LogP contribution in [0.5, 0.6) is 0 Å². The number of hydrogen-bond acceptors (Lipinski definition) is 4. The minimum Gasteiger partial charge on any atom is -0.338 e. The highest BCUT2D eigenvalue weighted by molar-refractivity contribution is 5.99. The first kappa shape index (κ1) is 21.6. The zero-order chi connectivity index (χ0) is 22.7. The summed E-state index contributed by atoms with van der Waals surface area (Å²) in [6.07, 6.45) is 5.58. The number of carbonyl (C=O) groups is 1. The van der Waals surface area contributed by atoms with Gasteiger partial charge in [0.25, 0.3) is 5.91 Å². The lowest BCUT2D eigenvalue weighted by atomic mass is 9.74. The number of piperidine rings is 1. The Balaban J connectivity index is 1.53. The van der Waals surface area contributed by atoms with Crippen molar-refractivity contribution < 1.29 is 13.6 Å². The number of amides is 1. The van der Waals surface area contributed by atoms with Crippen LogP contribution in [0.15, 0.2) is 55.0 Å². The van der Waals surface area contributed by atoms with Crippen LogP contribution in [-0.2, 0) is 6.42 Å². The highest BCUT2D eigenvalue weighted by Gasteiger charge is 2.38. The van der Waals surface area contributed by atoms with Gasteiger partial charge in [0.2, 0.25) is 0 Å². The molecule has 1 aliphatic heterocycles. The second-order valence-corrected chi connectivity index (χ2v) is 8.20. The minimum absolute atomic E-state index is 0.0152. The average Bonchev–Trinajstić information content (AvgIpc) is 2.82. The van der Waals surface area contributed by atoms with Gasteiger partial charge in [0.1, 0.15) is 11.6 Å². The standard InChI is InChI=1S/C25H22F2N4O/c1-17-13-21(26)20(22(27)14-17)15-25(16-28)6-11-31(12-7-25)24(32)19-3-2-8-30-23(19)18-4-9-29-10-5-18/h2-5,8-10,13-14H,6-7,11-12,15H2,1H3. The quantitative estimate of drug-likeness (QED) is 0.598. The Bertz CT molecular complexity index is 1160. The Morgan fingerprint density at radius 2 is 1.78 bits per heavy atom. The lowest BCUT2D eigenvalue weighted by Gasteiger charge is -2.37. The number of benzene rings is 1. The number of aromatic nitrogens is 2. The van der Waals surface area contributed by atoms with Crippen LogP contribution in [-0.4, -0.2) is 33.9 Å². The van der Waals surface area contributed by atoms with E-state index in [2.05, 4.69) is 16.0 Å². The van der Waals surface area contributed by atoms with Gasteiger partial charge in [0.05, 0.1) is 22.7 Å². The van der Waals surface area contributed by atoms with Gasteiger partial charge >= 0.3 is 0 Å². The van der Waals surface area contributed by atoms with E-state index < -0.39 is 17.0 Å². The summed E-state index contributed by atoms with van der Waals surface area (Å²) in [7, 11) is 0. The summed E-state index contributed by atoms with van der Waals surface area (Å²) in [6.45, 7) is 2.27. The van der Waals surface area contributed by atoms with Gasteiger partial charge in [0, 0.05) is 42.8 Å². The van der Waals surface area contributed by atoms with Crippen molar-refractivity contribution in [3.05, 3.63) is 83.3 Å². The number of carbonyl (C=O) groups excluding carboxylic acids is 1. The predicted octanol–water partition coefficient (Wildman–Crippen LogP) is 4.72. The molecule has 0 saturated carbocycles. The minimum atomic E-state index is -0.920. The molecule has 0 unspecified atom stereocenters. The number of halogens is 2. The molecule has 2 aromatic heterocycles. The van der Waals surface area contributed by atoms with Gasteiger partial charge in [0.15, 0.2) is 0 Å². The molecule has 1 aliphatic rings. The number of nitriles is 1. The molecule has 0 spiro atoms. The Hall–Kier alpha value is -3.66. The Morgan fingerprint density at radius 1 is 1.12 bits per heavy atom. The summed E-state index contributed by atoms with van der Waals surface area (Å²) >= 11 is 0. The first-order valence-electron chi connectivity index (χ1n) is 10.4. The molecule has 0 radical (unpaired) electrons. The zero-order valence-corrected chi connectivity index (χ0v) is 17.7. The maximum atomic E-state index is 14.4. The molecule has 0 N–H and O–H groups in total. The summed E-state index contributed by atoms with van der Waals surface area (Å²) in [6, 6.07) is 11.9. The van der Waals surface area contributed by atoms with E-state index >= 15 is 0 Å². The van der Waals surface area contributed by atoms with Crippen molar-refractivity contribution in [2.75, 3.05) is 13.1 Å². The Morgan fingerprint density at radius 3 is 2.41 bits per heavy atom. The van der Waals surface area contributed by atoms with Crippen molar-refractivity contribution in [3.8, 4) is 17.3 Å². The summed E-state index contributed by atoms with van der Waals surface area (Å²) in [4.78, 5) is 23.3. The smallest absolute Gasteiger partial charge is 0.256 e. The highest BCUT2D eigenvalue weighted by Crippen LogP contribution is 2.37. The van der Waals surface area contributed by atoms with Crippen molar-refractivity contribution >= 4 is 5.91 Å². The van der Waals surface area contributed by atoms with E-state index in [4.69, 9.17) is 0 Å². The lowest BCUT2D eigenvalue weighted by Crippen LogP contribution is -2.44. The SMILES string of the molecule is Cc1cc(F)c(CC2(C#N)CCN(C(=O)c3cccnc3-c3ccncc3)CC2)c(F)c1. The molecule has 3 aromatic rings. The van der Waals surface area contributed by atoms with E-state index in [1.165, 1.54) is 12.1 Å². The number of aryl methyl sites for hydroxylation is 1. The summed E-state index contributed by atoms with van der Waals surface area (Å²) in [5.41, 5.74) is 1.34. The molecule has 1 aromatic carbocycles. The first-order chi connectivity index (χ1) is 15.4. The maximum absolute atomic E-state index is 14.4. The van der Waals surface area contributed by atoms with Crippen LogP contribution in [0.25, 0.3) is 11.3 Å². The second kappa shape index (κ2) is 8.83. The second-order valence-electron chi connectivity index (χ2n) is 8.20. The molecule has 1 amide bonds. The largest absolute Gasteiger partial charge is 0.338 e. The van der Waals surface area contributed by atoms with Crippen LogP contribution in [0.1, 0.15) is 34.3 Å². The number of rotatable bonds is 4. The third-order valence-electron chi connectivity index (χ3n) is 6.04. The monoisotopic (exact) mass is 432 g/mol. The van der Waals surface area contributed by atoms with Gasteiger partial charge in [-0.3, -0.25) is 14.8 Å². The van der Waals surface area contributed by atoms with Gasteiger partial charge < -0.3 is 4.90 Å². The molecule has 32 heavy (non-hydrogen) atoms. The highest BCUT2D eigenvalue weighted by atomic mass is 19.1. The molecule has 162 valence electrons. The molecule has 0 bridgehead atoms. The summed E-state index contributed by atoms with van der Waals surface area (Å²) < 4.78 is 28.8. The van der Waals surface area contributed by atoms with E-state index in [1.807, 2.05) is 0 Å². The maximum Gasteiger partial charge on any atom is 0.256 e. The molecule has 0 atom stereocenters. The third kappa shape index (κ3) is 4.22. The summed E-state index contributed by atoms with van der Waals surface area (Å²) in [5.74, 6) is -1.44. The van der Waals surface area contributed by atoms with Crippen LogP contribution in [0.2, 0.25) is 0 Å². The van der Waals surface area contributed by atoms with Crippen LogP contribution in [0, 0.1) is 35.3 Å². The van der Waals surface area contributed by atoms with Crippen molar-refractivity contribution in [1.82, 2.24) is 14.9 Å². The van der Waals surface area contributed by atoms with Gasteiger partial charge in [-0.15, -0.1) is 0 Å². The topological polar surface area (TPSA) is 69.9 Å². The molecule has 5 nitrogen and oxygen atoms in total. The van der Waals surface area contributed by atoms with Gasteiger partial charge in [-0.05, 0) is 68.1 Å². The van der Waals surface area contributed by atoms with E-state index in [1.54, 1.807) is 54.7 Å². The fourth-order valence-corrected chi connectivity index (χ4v) is 4.19. The fraction of sp³-hybridized carbons (Fsp3) is 0.280. The molecule has 0 aliphatic carbocycles. The predicted molar refractivity (Wildman–Crippen MR) is 115 cm³/mol. The molecular formula is C25H22F2N4O. The van der Waals surface area contributed by atoms with Gasteiger partial charge in [-0.2, -0.15) is 5.26 Å². The van der Waals surface area contributed by atoms with Gasteiger partial charge in [-0.25, -0.2) is 8.78 Å². The van der Waals surface area contributed by atoms with E-state index in [0.717, 1.165) is 5.56 Å². The van der Waals surface area contributed by atoms with Gasteiger partial charge in [-0.1, -0.05) is 0 Å². The number of likely N-dealkylation sites (tertiary alicyclic amines) is 1. The van der Waals surface area contributed by atoms with Crippen LogP contribution in [0.4, 0.5) is 8.78 Å². The average molecular weight is 432 g/mol. The van der Waals surface area contributed by atoms with E-state index in [-0.39, 0.29) is 17.9 Å². The van der Waals surface area contributed by atoms with Crippen molar-refractivity contribution in [2.45, 2.75) is 26.2 Å². The fourth-order valence-electron chi connectivity index (χ4n) is 4.19. The molecule has 7 heteroatoms. The normalized spacial score (nSPS) is 15.2. The summed E-state index contributed by atoms with van der Waals surface area (Å²) in [5, 5.41) is 9.86. The Labute approximate surface area is 185 Å². The zero-order valence-electron chi connectivity index (χ0n) is 17.7. The van der Waals surface area contributed by atoms with Crippen LogP contribution in [0.3, 0.4) is 0 Å². The lowest BCUT2D eigenvalue weighted by molar-refractivity contribution is 0.0646. The number of hydrogen-bond donors (Lipinski definition) is 0. The molecular weight excluding hydrogens is 410 g/mol. The number of pyridine rings is 2. The van der Waals surface area contributed by atoms with E-state index in [9.17, 15) is 18.8 Å². The van der Waals surface area contributed by atoms with Crippen LogP contribution >= 0.6 is 0 Å². The van der Waals surface area contributed by atoms with Crippen LogP contribution < -0.4 is 0 Å². The number of nitrogens with zero attached hydrogens (tertiary/aromatic N) is 4. The molecule has 1 saturated heterocycles. The van der Waals surface area contributed by atoms with Crippen molar-refractivity contribution in [3.63, 3.8) is 0 Å². The molecule has 3 heterocycles. The third-order valence-corrected chi connectivity index (χ3v) is 6.04. The van der Waals surface area contributed by atoms with E-state index in [0.29, 0.717) is 42.8 Å². The Kier molecular flexibility index (Phi) is 5.95. The molecule has 1 fully saturated rings. The molecule has 4 rings (SSSR count). The van der Waals surface area contributed by atoms with Crippen molar-refractivity contribution in [1.29, 1.82) is 5.26 Å². The van der Waals surface area contributed by atoms with Crippen molar-refractivity contribution in [2.24, 2.45) is 5.41 Å². The first-order valence-corrected chi connectivity index (χ1v) is 10.4.